The minimum absolute atomic E-state index is 0.0173. The van der Waals surface area contributed by atoms with E-state index in [9.17, 15) is 9.90 Å². The zero-order valence-electron chi connectivity index (χ0n) is 8.33. The largest absolute Gasteiger partial charge is 0.478 e. The summed E-state index contributed by atoms with van der Waals surface area (Å²) in [7, 11) is 0. The summed E-state index contributed by atoms with van der Waals surface area (Å²) in [6.07, 6.45) is 0.201. The van der Waals surface area contributed by atoms with E-state index in [1.54, 1.807) is 24.3 Å². The molecular weight excluding hydrogens is 208 g/mol. The Morgan fingerprint density at radius 3 is 2.50 bits per heavy atom. The summed E-state index contributed by atoms with van der Waals surface area (Å²) in [5.74, 6) is -1.06. The molecule has 0 spiro atoms. The lowest BCUT2D eigenvalue weighted by molar-refractivity contribution is 0.0687. The number of aliphatic hydroxyl groups excluding tert-OH is 1. The average Bonchev–Trinajstić information content (AvgIpc) is 2.78. The van der Waals surface area contributed by atoms with E-state index < -0.39 is 12.1 Å². The Kier molecular flexibility index (Phi) is 2.74. The van der Waals surface area contributed by atoms with Crippen LogP contribution in [-0.4, -0.2) is 16.2 Å². The number of hydrogen-bond donors (Lipinski definition) is 2. The maximum Gasteiger partial charge on any atom is 0.339 e. The zero-order chi connectivity index (χ0) is 11.5. The average molecular weight is 218 g/mol. The quantitative estimate of drug-likeness (QED) is 0.827. The lowest BCUT2D eigenvalue weighted by Crippen LogP contribution is -2.05. The Labute approximate surface area is 91.8 Å². The van der Waals surface area contributed by atoms with E-state index in [-0.39, 0.29) is 11.3 Å². The molecular formula is C12H10O4. The summed E-state index contributed by atoms with van der Waals surface area (Å²) in [5, 5.41) is 18.8. The predicted octanol–water partition coefficient (Wildman–Crippen LogP) is 2.06. The maximum atomic E-state index is 10.8. The van der Waals surface area contributed by atoms with Crippen LogP contribution in [0.4, 0.5) is 0 Å². The van der Waals surface area contributed by atoms with Gasteiger partial charge in [-0.25, -0.2) is 4.79 Å². The highest BCUT2D eigenvalue weighted by molar-refractivity contribution is 5.88. The van der Waals surface area contributed by atoms with Crippen molar-refractivity contribution in [2.24, 2.45) is 0 Å². The van der Waals surface area contributed by atoms with E-state index >= 15 is 0 Å². The first-order chi connectivity index (χ1) is 7.70. The maximum absolute atomic E-state index is 10.8. The van der Waals surface area contributed by atoms with Crippen LogP contribution >= 0.6 is 0 Å². The molecule has 0 saturated carbocycles. The van der Waals surface area contributed by atoms with Crippen LogP contribution in [0.15, 0.2) is 47.1 Å². The van der Waals surface area contributed by atoms with Crippen LogP contribution in [0.3, 0.4) is 0 Å². The van der Waals surface area contributed by atoms with Crippen molar-refractivity contribution in [1.29, 1.82) is 0 Å². The van der Waals surface area contributed by atoms with Crippen LogP contribution in [0, 0.1) is 0 Å². The fourth-order valence-electron chi connectivity index (χ4n) is 1.50. The lowest BCUT2D eigenvalue weighted by atomic mass is 10.0. The third-order valence-corrected chi connectivity index (χ3v) is 2.29. The topological polar surface area (TPSA) is 70.7 Å². The number of carbonyl (C=O) groups is 1. The normalized spacial score (nSPS) is 12.3. The Morgan fingerprint density at radius 1 is 1.19 bits per heavy atom. The molecule has 0 radical (unpaired) electrons. The summed E-state index contributed by atoms with van der Waals surface area (Å²) >= 11 is 0. The Hall–Kier alpha value is -2.07. The van der Waals surface area contributed by atoms with Crippen LogP contribution in [-0.2, 0) is 0 Å². The summed E-state index contributed by atoms with van der Waals surface area (Å²) in [6.45, 7) is 0. The molecule has 2 rings (SSSR count). The molecule has 1 aromatic heterocycles. The minimum Gasteiger partial charge on any atom is -0.478 e. The van der Waals surface area contributed by atoms with Crippen molar-refractivity contribution in [2.75, 3.05) is 0 Å². The minimum atomic E-state index is -1.11. The third kappa shape index (κ3) is 1.83. The molecule has 0 amide bonds. The van der Waals surface area contributed by atoms with Crippen molar-refractivity contribution in [3.8, 4) is 0 Å². The van der Waals surface area contributed by atoms with Gasteiger partial charge in [0.2, 0.25) is 0 Å². The van der Waals surface area contributed by atoms with Crippen molar-refractivity contribution in [3.05, 3.63) is 59.5 Å². The molecule has 0 aliphatic rings. The standard InChI is InChI=1S/C12H10O4/c13-10(8-4-2-1-3-5-8)11-9(12(14)15)6-7-16-11/h1-7,10,13H,(H,14,15). The van der Waals surface area contributed by atoms with Crippen LogP contribution < -0.4 is 0 Å². The van der Waals surface area contributed by atoms with Gasteiger partial charge in [-0.05, 0) is 11.6 Å². The Morgan fingerprint density at radius 2 is 1.88 bits per heavy atom. The second kappa shape index (κ2) is 4.20. The molecule has 82 valence electrons. The molecule has 0 fully saturated rings. The van der Waals surface area contributed by atoms with Crippen molar-refractivity contribution in [2.45, 2.75) is 6.10 Å². The van der Waals surface area contributed by atoms with Gasteiger partial charge in [0.25, 0.3) is 0 Å². The van der Waals surface area contributed by atoms with Gasteiger partial charge in [-0.2, -0.15) is 0 Å². The molecule has 4 nitrogen and oxygen atoms in total. The van der Waals surface area contributed by atoms with Crippen LogP contribution in [0.1, 0.15) is 27.8 Å². The van der Waals surface area contributed by atoms with Gasteiger partial charge in [0.05, 0.1) is 6.26 Å². The van der Waals surface area contributed by atoms with Crippen molar-refractivity contribution in [1.82, 2.24) is 0 Å². The van der Waals surface area contributed by atoms with Gasteiger partial charge in [-0.3, -0.25) is 0 Å². The van der Waals surface area contributed by atoms with E-state index in [1.807, 2.05) is 6.07 Å². The zero-order valence-corrected chi connectivity index (χ0v) is 8.33. The highest BCUT2D eigenvalue weighted by Crippen LogP contribution is 2.25. The molecule has 4 heteroatoms. The van der Waals surface area contributed by atoms with Crippen molar-refractivity contribution in [3.63, 3.8) is 0 Å². The lowest BCUT2D eigenvalue weighted by Gasteiger charge is -2.08. The van der Waals surface area contributed by atoms with Gasteiger partial charge >= 0.3 is 5.97 Å². The molecule has 2 aromatic rings. The highest BCUT2D eigenvalue weighted by atomic mass is 16.4. The number of hydrogen-bond acceptors (Lipinski definition) is 3. The van der Waals surface area contributed by atoms with Gasteiger partial charge in [0.1, 0.15) is 11.7 Å². The molecule has 1 unspecified atom stereocenters. The number of aliphatic hydroxyl groups is 1. The summed E-state index contributed by atoms with van der Waals surface area (Å²) in [6, 6.07) is 10.1. The number of furan rings is 1. The van der Waals surface area contributed by atoms with E-state index in [0.717, 1.165) is 0 Å². The van der Waals surface area contributed by atoms with Gasteiger partial charge in [-0.1, -0.05) is 30.3 Å². The first-order valence-corrected chi connectivity index (χ1v) is 4.74. The first kappa shape index (κ1) is 10.4. The van der Waals surface area contributed by atoms with Gasteiger partial charge in [0.15, 0.2) is 5.76 Å². The third-order valence-electron chi connectivity index (χ3n) is 2.29. The molecule has 1 atom stereocenters. The monoisotopic (exact) mass is 218 g/mol. The van der Waals surface area contributed by atoms with E-state index in [1.165, 1.54) is 12.3 Å². The molecule has 1 heterocycles. The number of benzene rings is 1. The summed E-state index contributed by atoms with van der Waals surface area (Å²) in [4.78, 5) is 10.8. The van der Waals surface area contributed by atoms with Crippen LogP contribution in [0.25, 0.3) is 0 Å². The fourth-order valence-corrected chi connectivity index (χ4v) is 1.50. The number of carboxylic acid groups (broad SMARTS) is 1. The van der Waals surface area contributed by atoms with Crippen LogP contribution in [0.5, 0.6) is 0 Å². The van der Waals surface area contributed by atoms with E-state index in [0.29, 0.717) is 5.56 Å². The van der Waals surface area contributed by atoms with Gasteiger partial charge in [0, 0.05) is 0 Å². The van der Waals surface area contributed by atoms with Crippen molar-refractivity contribution < 1.29 is 19.4 Å². The first-order valence-electron chi connectivity index (χ1n) is 4.74. The highest BCUT2D eigenvalue weighted by Gasteiger charge is 2.21. The van der Waals surface area contributed by atoms with E-state index in [2.05, 4.69) is 0 Å². The fraction of sp³-hybridized carbons (Fsp3) is 0.0833. The SMILES string of the molecule is O=C(O)c1ccoc1C(O)c1ccccc1. The molecule has 1 aromatic carbocycles. The summed E-state index contributed by atoms with van der Waals surface area (Å²) < 4.78 is 5.01. The molecule has 0 aliphatic carbocycles. The second-order valence-electron chi connectivity index (χ2n) is 3.32. The number of aromatic carboxylic acids is 1. The Bertz CT molecular complexity index is 487. The number of rotatable bonds is 3. The molecule has 16 heavy (non-hydrogen) atoms. The smallest absolute Gasteiger partial charge is 0.339 e. The van der Waals surface area contributed by atoms with Crippen molar-refractivity contribution >= 4 is 5.97 Å². The second-order valence-corrected chi connectivity index (χ2v) is 3.32. The van der Waals surface area contributed by atoms with Gasteiger partial charge < -0.3 is 14.6 Å². The van der Waals surface area contributed by atoms with Gasteiger partial charge in [-0.15, -0.1) is 0 Å². The molecule has 2 N–H and O–H groups in total. The number of carboxylic acids is 1. The molecule has 0 aliphatic heterocycles. The molecule has 0 saturated heterocycles. The van der Waals surface area contributed by atoms with Crippen LogP contribution in [0.2, 0.25) is 0 Å². The molecule has 0 bridgehead atoms. The van der Waals surface area contributed by atoms with E-state index in [4.69, 9.17) is 9.52 Å². The predicted molar refractivity (Wildman–Crippen MR) is 56.2 cm³/mol. The Balaban J connectivity index is 2.38. The summed E-state index contributed by atoms with van der Waals surface area (Å²) in [5.41, 5.74) is 0.580.